The fraction of sp³-hybridized carbons (Fsp3) is 0.278. The Labute approximate surface area is 151 Å². The van der Waals surface area contributed by atoms with E-state index in [1.54, 1.807) is 23.5 Å². The van der Waals surface area contributed by atoms with Crippen LogP contribution in [-0.4, -0.2) is 23.5 Å². The first-order valence-electron chi connectivity index (χ1n) is 7.44. The molecule has 1 N–H and O–H groups in total. The number of carbonyl (C=O) groups is 1. The fourth-order valence-corrected chi connectivity index (χ4v) is 3.68. The third-order valence-electron chi connectivity index (χ3n) is 3.19. The van der Waals surface area contributed by atoms with E-state index in [0.717, 1.165) is 20.6 Å². The number of amides is 1. The molecule has 0 aliphatic heterocycles. The van der Waals surface area contributed by atoms with Crippen LogP contribution in [-0.2, 0) is 4.79 Å². The van der Waals surface area contributed by atoms with Gasteiger partial charge in [0.05, 0.1) is 5.25 Å². The molecule has 23 heavy (non-hydrogen) atoms. The first-order chi connectivity index (χ1) is 11.0. The molecule has 5 heteroatoms. The molecule has 0 saturated heterocycles. The van der Waals surface area contributed by atoms with Crippen molar-refractivity contribution in [3.05, 3.63) is 59.1 Å². The average molecular weight is 366 g/mol. The lowest BCUT2D eigenvalue weighted by Gasteiger charge is -2.12. The van der Waals surface area contributed by atoms with Gasteiger partial charge in [-0.25, -0.2) is 0 Å². The number of benzene rings is 2. The van der Waals surface area contributed by atoms with Crippen LogP contribution in [0.15, 0.2) is 58.3 Å². The largest absolute Gasteiger partial charge is 0.354 e. The average Bonchev–Trinajstić information content (AvgIpc) is 2.55. The van der Waals surface area contributed by atoms with E-state index in [9.17, 15) is 4.79 Å². The summed E-state index contributed by atoms with van der Waals surface area (Å²) >= 11 is 9.15. The Bertz CT molecular complexity index is 628. The summed E-state index contributed by atoms with van der Waals surface area (Å²) in [4.78, 5) is 14.4. The first kappa shape index (κ1) is 18.2. The standard InChI is InChI=1S/C18H20ClNOS2/c1-13-3-7-17(8-4-13)23-14(2)18(21)20-11-12-22-16-9-5-15(19)6-10-16/h3-10,14H,11-12H2,1-2H3,(H,20,21)/t14-/m0/s1. The minimum Gasteiger partial charge on any atom is -0.354 e. The summed E-state index contributed by atoms with van der Waals surface area (Å²) in [5, 5.41) is 3.63. The minimum atomic E-state index is -0.0989. The number of hydrogen-bond acceptors (Lipinski definition) is 3. The Morgan fingerprint density at radius 2 is 1.70 bits per heavy atom. The molecule has 1 amide bonds. The quantitative estimate of drug-likeness (QED) is 0.550. The highest BCUT2D eigenvalue weighted by molar-refractivity contribution is 8.00. The van der Waals surface area contributed by atoms with Crippen LogP contribution in [0.1, 0.15) is 12.5 Å². The summed E-state index contributed by atoms with van der Waals surface area (Å²) in [6, 6.07) is 16.0. The van der Waals surface area contributed by atoms with Gasteiger partial charge in [-0.05, 0) is 50.2 Å². The molecule has 0 bridgehead atoms. The number of thioether (sulfide) groups is 2. The van der Waals surface area contributed by atoms with Gasteiger partial charge in [-0.2, -0.15) is 0 Å². The lowest BCUT2D eigenvalue weighted by atomic mass is 10.2. The second-order valence-corrected chi connectivity index (χ2v) is 8.19. The van der Waals surface area contributed by atoms with Crippen molar-refractivity contribution < 1.29 is 4.79 Å². The van der Waals surface area contributed by atoms with Gasteiger partial charge in [0.1, 0.15) is 0 Å². The molecule has 0 aromatic heterocycles. The summed E-state index contributed by atoms with van der Waals surface area (Å²) in [6.45, 7) is 4.65. The molecule has 2 nitrogen and oxygen atoms in total. The summed E-state index contributed by atoms with van der Waals surface area (Å²) in [6.07, 6.45) is 0. The van der Waals surface area contributed by atoms with Gasteiger partial charge < -0.3 is 5.32 Å². The molecule has 0 saturated carbocycles. The third kappa shape index (κ3) is 6.50. The molecule has 0 spiro atoms. The van der Waals surface area contributed by atoms with Crippen LogP contribution in [0.5, 0.6) is 0 Å². The van der Waals surface area contributed by atoms with Crippen LogP contribution in [0.3, 0.4) is 0 Å². The van der Waals surface area contributed by atoms with Gasteiger partial charge in [0, 0.05) is 27.1 Å². The van der Waals surface area contributed by atoms with Gasteiger partial charge in [-0.15, -0.1) is 23.5 Å². The number of aryl methyl sites for hydroxylation is 1. The molecule has 0 fully saturated rings. The number of hydrogen-bond donors (Lipinski definition) is 1. The molecule has 2 aromatic carbocycles. The normalized spacial score (nSPS) is 12.0. The highest BCUT2D eigenvalue weighted by atomic mass is 35.5. The maximum Gasteiger partial charge on any atom is 0.233 e. The molecular weight excluding hydrogens is 346 g/mol. The monoisotopic (exact) mass is 365 g/mol. The van der Waals surface area contributed by atoms with Crippen molar-refractivity contribution >= 4 is 41.0 Å². The van der Waals surface area contributed by atoms with Crippen molar-refractivity contribution in [2.45, 2.75) is 28.9 Å². The summed E-state index contributed by atoms with van der Waals surface area (Å²) in [5.41, 5.74) is 1.23. The van der Waals surface area contributed by atoms with Crippen LogP contribution in [0.4, 0.5) is 0 Å². The fourth-order valence-electron chi connectivity index (χ4n) is 1.89. The van der Waals surface area contributed by atoms with Gasteiger partial charge in [0.15, 0.2) is 0 Å². The van der Waals surface area contributed by atoms with Gasteiger partial charge >= 0.3 is 0 Å². The zero-order valence-electron chi connectivity index (χ0n) is 13.2. The number of halogens is 1. The summed E-state index contributed by atoms with van der Waals surface area (Å²) in [7, 11) is 0. The molecule has 2 rings (SSSR count). The lowest BCUT2D eigenvalue weighted by Crippen LogP contribution is -2.32. The van der Waals surface area contributed by atoms with E-state index >= 15 is 0 Å². The molecule has 0 aliphatic rings. The maximum absolute atomic E-state index is 12.1. The topological polar surface area (TPSA) is 29.1 Å². The molecule has 0 radical (unpaired) electrons. The maximum atomic E-state index is 12.1. The highest BCUT2D eigenvalue weighted by Gasteiger charge is 2.13. The Morgan fingerprint density at radius 3 is 2.35 bits per heavy atom. The van der Waals surface area contributed by atoms with Crippen molar-refractivity contribution in [1.82, 2.24) is 5.32 Å². The van der Waals surface area contributed by atoms with Gasteiger partial charge in [-0.3, -0.25) is 4.79 Å². The van der Waals surface area contributed by atoms with E-state index in [2.05, 4.69) is 36.5 Å². The first-order valence-corrected chi connectivity index (χ1v) is 9.68. The molecule has 0 unspecified atom stereocenters. The molecule has 122 valence electrons. The third-order valence-corrected chi connectivity index (χ3v) is 5.56. The molecule has 0 heterocycles. The van der Waals surface area contributed by atoms with Crippen LogP contribution >= 0.6 is 35.1 Å². The Morgan fingerprint density at radius 1 is 1.09 bits per heavy atom. The van der Waals surface area contributed by atoms with E-state index in [0.29, 0.717) is 6.54 Å². The van der Waals surface area contributed by atoms with Gasteiger partial charge in [0.2, 0.25) is 5.91 Å². The minimum absolute atomic E-state index is 0.0762. The van der Waals surface area contributed by atoms with Crippen molar-refractivity contribution in [1.29, 1.82) is 0 Å². The predicted octanol–water partition coefficient (Wildman–Crippen LogP) is 5.04. The smallest absolute Gasteiger partial charge is 0.233 e. The SMILES string of the molecule is Cc1ccc(S[C@@H](C)C(=O)NCCSc2ccc(Cl)cc2)cc1. The highest BCUT2D eigenvalue weighted by Crippen LogP contribution is 2.23. The van der Waals surface area contributed by atoms with Crippen LogP contribution in [0, 0.1) is 6.92 Å². The lowest BCUT2D eigenvalue weighted by molar-refractivity contribution is -0.120. The zero-order valence-corrected chi connectivity index (χ0v) is 15.6. The van der Waals surface area contributed by atoms with Crippen LogP contribution < -0.4 is 5.32 Å². The van der Waals surface area contributed by atoms with Crippen LogP contribution in [0.25, 0.3) is 0 Å². The number of nitrogens with one attached hydrogen (secondary N) is 1. The number of carbonyl (C=O) groups excluding carboxylic acids is 1. The van der Waals surface area contributed by atoms with Gasteiger partial charge in [-0.1, -0.05) is 29.3 Å². The molecule has 0 aliphatic carbocycles. The van der Waals surface area contributed by atoms with Crippen LogP contribution in [0.2, 0.25) is 5.02 Å². The van der Waals surface area contributed by atoms with E-state index in [1.807, 2.05) is 31.2 Å². The second kappa shape index (κ2) is 9.26. The Kier molecular flexibility index (Phi) is 7.34. The summed E-state index contributed by atoms with van der Waals surface area (Å²) in [5.74, 6) is 0.919. The summed E-state index contributed by atoms with van der Waals surface area (Å²) < 4.78 is 0. The van der Waals surface area contributed by atoms with Crippen molar-refractivity contribution in [2.75, 3.05) is 12.3 Å². The van der Waals surface area contributed by atoms with Crippen molar-refractivity contribution in [2.24, 2.45) is 0 Å². The number of rotatable bonds is 7. The van der Waals surface area contributed by atoms with Crippen molar-refractivity contribution in [3.63, 3.8) is 0 Å². The Balaban J connectivity index is 1.69. The molecule has 2 aromatic rings. The second-order valence-electron chi connectivity index (χ2n) is 5.17. The van der Waals surface area contributed by atoms with E-state index in [-0.39, 0.29) is 11.2 Å². The van der Waals surface area contributed by atoms with Crippen molar-refractivity contribution in [3.8, 4) is 0 Å². The molecular formula is C18H20ClNOS2. The van der Waals surface area contributed by atoms with E-state index in [1.165, 1.54) is 5.56 Å². The van der Waals surface area contributed by atoms with E-state index in [4.69, 9.17) is 11.6 Å². The zero-order chi connectivity index (χ0) is 16.7. The van der Waals surface area contributed by atoms with E-state index < -0.39 is 0 Å². The Hall–Kier alpha value is -1.10. The molecule has 1 atom stereocenters. The van der Waals surface area contributed by atoms with Gasteiger partial charge in [0.25, 0.3) is 0 Å². The predicted molar refractivity (Wildman–Crippen MR) is 102 cm³/mol.